The molecule has 10 nitrogen and oxygen atoms in total. The summed E-state index contributed by atoms with van der Waals surface area (Å²) in [4.78, 5) is 49.6. The Morgan fingerprint density at radius 1 is 1.20 bits per heavy atom. The third kappa shape index (κ3) is 6.87. The lowest BCUT2D eigenvalue weighted by atomic mass is 9.90. The summed E-state index contributed by atoms with van der Waals surface area (Å²) in [6.45, 7) is 5.06. The van der Waals surface area contributed by atoms with Gasteiger partial charge in [-0.2, -0.15) is 18.4 Å². The van der Waals surface area contributed by atoms with Gasteiger partial charge in [0.05, 0.1) is 42.1 Å². The van der Waals surface area contributed by atoms with Crippen LogP contribution in [0.1, 0.15) is 69.2 Å². The zero-order chi connectivity index (χ0) is 30.1. The quantitative estimate of drug-likeness (QED) is 0.515. The molecule has 2 aliphatic rings. The molecule has 0 saturated carbocycles. The number of halogens is 3. The molecule has 2 aromatic rings. The average Bonchev–Trinajstić information content (AvgIpc) is 3.29. The van der Waals surface area contributed by atoms with E-state index >= 15 is 0 Å². The van der Waals surface area contributed by atoms with Gasteiger partial charge in [-0.25, -0.2) is 9.78 Å². The number of β-amino-alcohol motifs (C(OH)–C–C–N with tert-alkyl or cyclic N) is 1. The highest BCUT2D eigenvalue weighted by atomic mass is 19.4. The number of benzene rings is 1. The van der Waals surface area contributed by atoms with E-state index in [1.165, 1.54) is 21.9 Å². The second-order valence-corrected chi connectivity index (χ2v) is 11.4. The standard InChI is InChI=1S/C28H32F3N5O5/c1-27(2,3)41-26(40)36-14-19(37)12-21(36)25(39)35-13-17(6-4-5-11-32)22-20(15-35)24(38)34-23(33-22)16-7-9-18(10-8-16)28(29,30)31/h7-10,17,19,21,37H,4-6,12-15H2,1-3H3,(H,33,34,38)/t17?,19-,21?/m1/s1. The first-order valence-electron chi connectivity index (χ1n) is 13.3. The minimum atomic E-state index is -4.51. The van der Waals surface area contributed by atoms with Gasteiger partial charge in [0.2, 0.25) is 5.91 Å². The van der Waals surface area contributed by atoms with Crippen molar-refractivity contribution in [3.05, 3.63) is 51.4 Å². The Morgan fingerprint density at radius 2 is 1.88 bits per heavy atom. The summed E-state index contributed by atoms with van der Waals surface area (Å²) < 4.78 is 44.5. The van der Waals surface area contributed by atoms with Crippen LogP contribution in [-0.2, 0) is 22.3 Å². The van der Waals surface area contributed by atoms with E-state index in [1.807, 2.05) is 0 Å². The average molecular weight is 576 g/mol. The van der Waals surface area contributed by atoms with Crippen molar-refractivity contribution in [2.24, 2.45) is 0 Å². The van der Waals surface area contributed by atoms with Crippen molar-refractivity contribution >= 4 is 12.0 Å². The molecule has 4 rings (SSSR count). The molecule has 0 spiro atoms. The largest absolute Gasteiger partial charge is 0.444 e. The Hall–Kier alpha value is -3.92. The molecular weight excluding hydrogens is 543 g/mol. The lowest BCUT2D eigenvalue weighted by Crippen LogP contribution is -2.51. The van der Waals surface area contributed by atoms with Gasteiger partial charge in [-0.05, 0) is 45.7 Å². The minimum Gasteiger partial charge on any atom is -0.444 e. The summed E-state index contributed by atoms with van der Waals surface area (Å²) >= 11 is 0. The molecule has 0 aliphatic carbocycles. The van der Waals surface area contributed by atoms with Crippen molar-refractivity contribution < 1.29 is 32.6 Å². The normalized spacial score (nSPS) is 20.9. The van der Waals surface area contributed by atoms with E-state index in [9.17, 15) is 32.7 Å². The number of nitrogens with one attached hydrogen (secondary N) is 1. The predicted octanol–water partition coefficient (Wildman–Crippen LogP) is 3.95. The number of unbranched alkanes of at least 4 members (excludes halogenated alkanes) is 1. The summed E-state index contributed by atoms with van der Waals surface area (Å²) in [6.07, 6.45) is -4.99. The first-order valence-corrected chi connectivity index (χ1v) is 13.3. The molecule has 2 amide bonds. The van der Waals surface area contributed by atoms with Gasteiger partial charge in [-0.1, -0.05) is 12.1 Å². The molecule has 0 bridgehead atoms. The molecule has 1 fully saturated rings. The van der Waals surface area contributed by atoms with E-state index < -0.39 is 53.0 Å². The minimum absolute atomic E-state index is 0.0159. The molecule has 41 heavy (non-hydrogen) atoms. The number of amides is 2. The van der Waals surface area contributed by atoms with Crippen molar-refractivity contribution in [3.8, 4) is 17.5 Å². The van der Waals surface area contributed by atoms with Gasteiger partial charge in [0.15, 0.2) is 0 Å². The molecule has 0 radical (unpaired) electrons. The van der Waals surface area contributed by atoms with Crippen LogP contribution in [0.25, 0.3) is 11.4 Å². The number of aromatic amines is 1. The fourth-order valence-electron chi connectivity index (χ4n) is 5.17. The molecule has 220 valence electrons. The number of nitriles is 1. The monoisotopic (exact) mass is 575 g/mol. The van der Waals surface area contributed by atoms with E-state index in [-0.39, 0.29) is 43.9 Å². The summed E-state index contributed by atoms with van der Waals surface area (Å²) in [5.74, 6) is -0.787. The van der Waals surface area contributed by atoms with Crippen LogP contribution in [0.2, 0.25) is 0 Å². The molecular formula is C28H32F3N5O5. The molecule has 2 N–H and O–H groups in total. The predicted molar refractivity (Wildman–Crippen MR) is 140 cm³/mol. The maximum atomic E-state index is 13.7. The van der Waals surface area contributed by atoms with Gasteiger partial charge >= 0.3 is 12.3 Å². The number of H-pyrrole nitrogens is 1. The number of ether oxygens (including phenoxy) is 1. The van der Waals surface area contributed by atoms with E-state index in [4.69, 9.17) is 10.00 Å². The Labute approximate surface area is 234 Å². The number of carbonyl (C=O) groups is 2. The van der Waals surface area contributed by atoms with Crippen LogP contribution >= 0.6 is 0 Å². The highest BCUT2D eigenvalue weighted by Crippen LogP contribution is 2.34. The number of likely N-dealkylation sites (tertiary alicyclic amines) is 1. The fraction of sp³-hybridized carbons (Fsp3) is 0.536. The zero-order valence-electron chi connectivity index (χ0n) is 23.0. The Morgan fingerprint density at radius 3 is 2.49 bits per heavy atom. The lowest BCUT2D eigenvalue weighted by molar-refractivity contribution is -0.138. The first-order chi connectivity index (χ1) is 19.2. The SMILES string of the molecule is CC(C)(C)OC(=O)N1C[C@H](O)CC1C(=O)N1Cc2c(nc(-c3ccc(C(F)(F)F)cc3)[nH]c2=O)C(CCCC#N)C1. The number of fused-ring (bicyclic) bond motifs is 1. The highest BCUT2D eigenvalue weighted by Gasteiger charge is 2.44. The smallest absolute Gasteiger partial charge is 0.416 e. The number of hydrogen-bond acceptors (Lipinski definition) is 7. The Bertz CT molecular complexity index is 1390. The molecule has 1 aromatic carbocycles. The number of carbonyl (C=O) groups excluding carboxylic acids is 2. The van der Waals surface area contributed by atoms with Crippen LogP contribution in [0.5, 0.6) is 0 Å². The van der Waals surface area contributed by atoms with Gasteiger partial charge in [-0.3, -0.25) is 14.5 Å². The van der Waals surface area contributed by atoms with E-state index in [1.54, 1.807) is 20.8 Å². The van der Waals surface area contributed by atoms with Crippen LogP contribution in [0.3, 0.4) is 0 Å². The molecule has 2 unspecified atom stereocenters. The van der Waals surface area contributed by atoms with Crippen LogP contribution < -0.4 is 5.56 Å². The van der Waals surface area contributed by atoms with Crippen molar-refractivity contribution in [2.45, 2.75) is 82.8 Å². The van der Waals surface area contributed by atoms with E-state index in [2.05, 4.69) is 16.0 Å². The van der Waals surface area contributed by atoms with Gasteiger partial charge < -0.3 is 19.7 Å². The number of rotatable bonds is 5. The molecule has 3 atom stereocenters. The summed E-state index contributed by atoms with van der Waals surface area (Å²) in [5, 5.41) is 19.3. The maximum Gasteiger partial charge on any atom is 0.416 e. The van der Waals surface area contributed by atoms with Gasteiger partial charge in [0.1, 0.15) is 17.5 Å². The molecule has 13 heteroatoms. The number of aromatic nitrogens is 2. The number of nitrogens with zero attached hydrogens (tertiary/aromatic N) is 4. The maximum absolute atomic E-state index is 13.7. The van der Waals surface area contributed by atoms with Gasteiger partial charge in [-0.15, -0.1) is 0 Å². The number of alkyl halides is 3. The molecule has 2 aliphatic heterocycles. The lowest BCUT2D eigenvalue weighted by Gasteiger charge is -2.36. The molecule has 1 saturated heterocycles. The number of aliphatic hydroxyl groups excluding tert-OH is 1. The second-order valence-electron chi connectivity index (χ2n) is 11.4. The summed E-state index contributed by atoms with van der Waals surface area (Å²) in [5.41, 5.74) is -1.24. The van der Waals surface area contributed by atoms with Gasteiger partial charge in [0, 0.05) is 30.9 Å². The van der Waals surface area contributed by atoms with E-state index in [0.29, 0.717) is 24.1 Å². The van der Waals surface area contributed by atoms with Crippen molar-refractivity contribution in [1.82, 2.24) is 19.8 Å². The summed E-state index contributed by atoms with van der Waals surface area (Å²) in [6, 6.07) is 5.36. The van der Waals surface area contributed by atoms with Crippen LogP contribution in [0.4, 0.5) is 18.0 Å². The third-order valence-electron chi connectivity index (χ3n) is 7.05. The Kier molecular flexibility index (Phi) is 8.44. The van der Waals surface area contributed by atoms with Gasteiger partial charge in [0.25, 0.3) is 5.56 Å². The third-order valence-corrected chi connectivity index (χ3v) is 7.05. The van der Waals surface area contributed by atoms with Crippen LogP contribution in [-0.4, -0.2) is 67.7 Å². The van der Waals surface area contributed by atoms with Crippen molar-refractivity contribution in [1.29, 1.82) is 5.26 Å². The first kappa shape index (κ1) is 30.0. The van der Waals surface area contributed by atoms with Crippen molar-refractivity contribution in [3.63, 3.8) is 0 Å². The topological polar surface area (TPSA) is 140 Å². The molecule has 1 aromatic heterocycles. The number of hydrogen-bond donors (Lipinski definition) is 2. The Balaban J connectivity index is 1.65. The second kappa shape index (κ2) is 11.5. The summed E-state index contributed by atoms with van der Waals surface area (Å²) in [7, 11) is 0. The van der Waals surface area contributed by atoms with Crippen molar-refractivity contribution in [2.75, 3.05) is 13.1 Å². The van der Waals surface area contributed by atoms with E-state index in [0.717, 1.165) is 12.1 Å². The van der Waals surface area contributed by atoms with Crippen LogP contribution in [0, 0.1) is 11.3 Å². The molecule has 3 heterocycles. The van der Waals surface area contributed by atoms with Crippen LogP contribution in [0.15, 0.2) is 29.1 Å². The fourth-order valence-corrected chi connectivity index (χ4v) is 5.17. The highest BCUT2D eigenvalue weighted by molar-refractivity contribution is 5.87. The zero-order valence-corrected chi connectivity index (χ0v) is 23.0. The number of aliphatic hydroxyl groups is 1.